The molecule has 45 heavy (non-hydrogen) atoms. The van der Waals surface area contributed by atoms with E-state index in [9.17, 15) is 4.39 Å². The number of imidazole rings is 1. The summed E-state index contributed by atoms with van der Waals surface area (Å²) in [6, 6.07) is 10.8. The Balaban J connectivity index is 1.17. The number of hydrogen-bond acceptors (Lipinski definition) is 9. The number of anilines is 1. The number of aromatic nitrogens is 7. The summed E-state index contributed by atoms with van der Waals surface area (Å²) in [4.78, 5) is 26.2. The molecule has 0 amide bonds. The Morgan fingerprint density at radius 3 is 2.71 bits per heavy atom. The summed E-state index contributed by atoms with van der Waals surface area (Å²) in [5, 5.41) is 11.6. The van der Waals surface area contributed by atoms with Crippen LogP contribution in [-0.2, 0) is 0 Å². The van der Waals surface area contributed by atoms with Gasteiger partial charge in [0, 0.05) is 60.6 Å². The lowest BCUT2D eigenvalue weighted by atomic mass is 10.0. The van der Waals surface area contributed by atoms with Gasteiger partial charge in [-0.2, -0.15) is 5.10 Å². The molecule has 0 bridgehead atoms. The molecule has 0 unspecified atom stereocenters. The summed E-state index contributed by atoms with van der Waals surface area (Å²) in [6.07, 6.45) is 9.53. The van der Waals surface area contributed by atoms with Crippen molar-refractivity contribution in [3.8, 4) is 39.5 Å². The highest BCUT2D eigenvalue weighted by atomic mass is 19.1. The fraction of sp³-hybridized carbons (Fsp3) is 0.303. The Bertz CT molecular complexity index is 1950. The van der Waals surface area contributed by atoms with Crippen molar-refractivity contribution < 1.29 is 9.13 Å². The zero-order chi connectivity index (χ0) is 30.8. The van der Waals surface area contributed by atoms with E-state index in [1.54, 1.807) is 24.8 Å². The lowest BCUT2D eigenvalue weighted by Crippen LogP contribution is -2.25. The number of H-pyrrole nitrogens is 2. The Hall–Kier alpha value is -4.94. The van der Waals surface area contributed by atoms with Gasteiger partial charge in [0.2, 0.25) is 0 Å². The first-order valence-electron chi connectivity index (χ1n) is 15.2. The number of ether oxygens (including phenoxy) is 1. The summed E-state index contributed by atoms with van der Waals surface area (Å²) in [5.41, 5.74) is 6.46. The van der Waals surface area contributed by atoms with Gasteiger partial charge in [0.05, 0.1) is 17.1 Å². The van der Waals surface area contributed by atoms with Crippen molar-refractivity contribution in [2.75, 3.05) is 58.7 Å². The van der Waals surface area contributed by atoms with E-state index in [-0.39, 0.29) is 5.82 Å². The summed E-state index contributed by atoms with van der Waals surface area (Å²) in [6.45, 7) is 5.36. The van der Waals surface area contributed by atoms with Crippen molar-refractivity contribution in [3.05, 3.63) is 67.0 Å². The van der Waals surface area contributed by atoms with E-state index in [2.05, 4.69) is 45.2 Å². The molecule has 11 nitrogen and oxygen atoms in total. The predicted octanol–water partition coefficient (Wildman–Crippen LogP) is 5.21. The second-order valence-corrected chi connectivity index (χ2v) is 11.6. The molecule has 1 fully saturated rings. The highest BCUT2D eigenvalue weighted by Crippen LogP contribution is 2.33. The first kappa shape index (κ1) is 28.8. The van der Waals surface area contributed by atoms with Crippen molar-refractivity contribution in [1.29, 1.82) is 0 Å². The SMILES string of the molecule is CN(C)CCNc1cc(F)cc(-c2ccnc3nc(-c4[nH]nc5ncc(-c6cncc(OCCN7CCCC7)c6)cc45)[nH]c23)c1. The maximum Gasteiger partial charge on any atom is 0.181 e. The summed E-state index contributed by atoms with van der Waals surface area (Å²) in [7, 11) is 4.01. The highest BCUT2D eigenvalue weighted by molar-refractivity contribution is 5.96. The van der Waals surface area contributed by atoms with E-state index in [0.717, 1.165) is 59.6 Å². The monoisotopic (exact) mass is 606 g/mol. The molecular weight excluding hydrogens is 571 g/mol. The molecule has 5 aromatic heterocycles. The molecule has 1 aliphatic heterocycles. The van der Waals surface area contributed by atoms with Crippen LogP contribution in [0, 0.1) is 5.82 Å². The first-order valence-corrected chi connectivity index (χ1v) is 15.2. The first-order chi connectivity index (χ1) is 22.0. The minimum Gasteiger partial charge on any atom is -0.491 e. The van der Waals surface area contributed by atoms with Gasteiger partial charge in [0.15, 0.2) is 17.1 Å². The van der Waals surface area contributed by atoms with Crippen molar-refractivity contribution in [3.63, 3.8) is 0 Å². The van der Waals surface area contributed by atoms with Crippen LogP contribution >= 0.6 is 0 Å². The lowest BCUT2D eigenvalue weighted by Gasteiger charge is -2.15. The normalized spacial score (nSPS) is 13.8. The second-order valence-electron chi connectivity index (χ2n) is 11.6. The number of aromatic amines is 2. The molecule has 1 aromatic carbocycles. The van der Waals surface area contributed by atoms with Crippen LogP contribution in [0.3, 0.4) is 0 Å². The molecule has 230 valence electrons. The zero-order valence-electron chi connectivity index (χ0n) is 25.3. The molecule has 6 aromatic rings. The minimum absolute atomic E-state index is 0.321. The van der Waals surface area contributed by atoms with Crippen molar-refractivity contribution in [2.24, 2.45) is 0 Å². The summed E-state index contributed by atoms with van der Waals surface area (Å²) >= 11 is 0. The molecule has 7 rings (SSSR count). The number of likely N-dealkylation sites (N-methyl/N-ethyl adjacent to an activating group) is 1. The smallest absolute Gasteiger partial charge is 0.181 e. The van der Waals surface area contributed by atoms with Gasteiger partial charge in [-0.25, -0.2) is 19.3 Å². The zero-order valence-corrected chi connectivity index (χ0v) is 25.3. The molecule has 6 heterocycles. The quantitative estimate of drug-likeness (QED) is 0.182. The highest BCUT2D eigenvalue weighted by Gasteiger charge is 2.18. The Morgan fingerprint density at radius 1 is 0.978 bits per heavy atom. The maximum atomic E-state index is 14.7. The van der Waals surface area contributed by atoms with Crippen LogP contribution in [0.2, 0.25) is 0 Å². The molecule has 0 atom stereocenters. The number of hydrogen-bond donors (Lipinski definition) is 3. The number of nitrogens with one attached hydrogen (secondary N) is 3. The number of pyridine rings is 3. The van der Waals surface area contributed by atoms with E-state index in [1.165, 1.54) is 25.0 Å². The van der Waals surface area contributed by atoms with Crippen LogP contribution in [0.25, 0.3) is 56.0 Å². The van der Waals surface area contributed by atoms with Gasteiger partial charge in [0.25, 0.3) is 0 Å². The van der Waals surface area contributed by atoms with Crippen LogP contribution in [0.4, 0.5) is 10.1 Å². The molecule has 0 spiro atoms. The topological polar surface area (TPSA) is 124 Å². The number of fused-ring (bicyclic) bond motifs is 2. The van der Waals surface area contributed by atoms with Gasteiger partial charge in [0.1, 0.15) is 23.9 Å². The van der Waals surface area contributed by atoms with Crippen LogP contribution in [0.1, 0.15) is 12.8 Å². The molecule has 12 heteroatoms. The largest absolute Gasteiger partial charge is 0.491 e. The van der Waals surface area contributed by atoms with Crippen LogP contribution in [0.5, 0.6) is 5.75 Å². The van der Waals surface area contributed by atoms with Crippen molar-refractivity contribution in [2.45, 2.75) is 12.8 Å². The summed E-state index contributed by atoms with van der Waals surface area (Å²) < 4.78 is 20.7. The van der Waals surface area contributed by atoms with Crippen LogP contribution in [0.15, 0.2) is 61.2 Å². The minimum atomic E-state index is -0.321. The molecule has 3 N–H and O–H groups in total. The summed E-state index contributed by atoms with van der Waals surface area (Å²) in [5.74, 6) is 0.964. The third kappa shape index (κ3) is 6.33. The third-order valence-electron chi connectivity index (χ3n) is 8.06. The third-order valence-corrected chi connectivity index (χ3v) is 8.06. The standard InChI is InChI=1S/C33H35FN10O/c1-43(2)10-7-36-25-14-21(13-24(34)17-25)27-5-6-37-32-29(27)39-33(40-32)30-28-16-23(19-38-31(28)42-41-30)22-15-26(20-35-18-22)45-12-11-44-8-3-4-9-44/h5-6,13-20,36H,3-4,7-12H2,1-2H3,(H,37,39,40)(H,38,41,42). The van der Waals surface area contributed by atoms with E-state index in [0.29, 0.717) is 47.2 Å². The second kappa shape index (κ2) is 12.6. The van der Waals surface area contributed by atoms with Gasteiger partial charge in [-0.05, 0) is 82.0 Å². The molecule has 1 saturated heterocycles. The Morgan fingerprint density at radius 2 is 1.84 bits per heavy atom. The fourth-order valence-corrected chi connectivity index (χ4v) is 5.73. The predicted molar refractivity (Wildman–Crippen MR) is 174 cm³/mol. The average Bonchev–Trinajstić information content (AvgIpc) is 3.80. The lowest BCUT2D eigenvalue weighted by molar-refractivity contribution is 0.237. The number of benzene rings is 1. The van der Waals surface area contributed by atoms with Gasteiger partial charge < -0.3 is 19.9 Å². The van der Waals surface area contributed by atoms with E-state index < -0.39 is 0 Å². The van der Waals surface area contributed by atoms with Gasteiger partial charge >= 0.3 is 0 Å². The molecule has 0 radical (unpaired) electrons. The van der Waals surface area contributed by atoms with E-state index in [4.69, 9.17) is 9.72 Å². The van der Waals surface area contributed by atoms with Crippen LogP contribution < -0.4 is 10.1 Å². The number of halogens is 1. The number of nitrogens with zero attached hydrogens (tertiary/aromatic N) is 7. The van der Waals surface area contributed by atoms with Gasteiger partial charge in [-0.15, -0.1) is 0 Å². The van der Waals surface area contributed by atoms with Crippen molar-refractivity contribution >= 4 is 27.9 Å². The molecule has 0 saturated carbocycles. The van der Waals surface area contributed by atoms with Gasteiger partial charge in [-0.3, -0.25) is 15.0 Å². The maximum absolute atomic E-state index is 14.7. The molecule has 1 aliphatic rings. The fourth-order valence-electron chi connectivity index (χ4n) is 5.73. The Labute approximate surface area is 259 Å². The van der Waals surface area contributed by atoms with Crippen LogP contribution in [-0.4, -0.2) is 98.3 Å². The molecular formula is C33H35FN10O. The number of rotatable bonds is 11. The van der Waals surface area contributed by atoms with E-state index >= 15 is 0 Å². The van der Waals surface area contributed by atoms with E-state index in [1.807, 2.05) is 38.4 Å². The Kier molecular flexibility index (Phi) is 8.05. The van der Waals surface area contributed by atoms with Gasteiger partial charge in [-0.1, -0.05) is 0 Å². The average molecular weight is 607 g/mol. The molecule has 0 aliphatic carbocycles. The number of likely N-dealkylation sites (tertiary alicyclic amines) is 1. The van der Waals surface area contributed by atoms with Crippen molar-refractivity contribution in [1.82, 2.24) is 44.9 Å².